The summed E-state index contributed by atoms with van der Waals surface area (Å²) in [5.74, 6) is 0.136. The number of furan rings is 1. The maximum Gasteiger partial charge on any atom is 0.298 e. The van der Waals surface area contributed by atoms with Gasteiger partial charge in [0.1, 0.15) is 0 Å². The zero-order valence-electron chi connectivity index (χ0n) is 12.0. The van der Waals surface area contributed by atoms with Crippen LogP contribution in [0.3, 0.4) is 0 Å². The summed E-state index contributed by atoms with van der Waals surface area (Å²) >= 11 is 0. The molecule has 1 aliphatic heterocycles. The first-order valence-electron chi connectivity index (χ1n) is 6.99. The Bertz CT molecular complexity index is 446. The largest absolute Gasteiger partial charge is 0.461 e. The normalized spacial score (nSPS) is 18.0. The van der Waals surface area contributed by atoms with Crippen molar-refractivity contribution in [3.63, 3.8) is 0 Å². The maximum absolute atomic E-state index is 12.1. The Morgan fingerprint density at radius 3 is 2.70 bits per heavy atom. The van der Waals surface area contributed by atoms with Crippen LogP contribution in [-0.4, -0.2) is 43.4 Å². The van der Waals surface area contributed by atoms with Crippen LogP contribution in [0.2, 0.25) is 0 Å². The Morgan fingerprint density at radius 2 is 2.15 bits per heavy atom. The number of piperidine rings is 1. The van der Waals surface area contributed by atoms with Crippen LogP contribution in [0.25, 0.3) is 0 Å². The first-order chi connectivity index (χ1) is 9.63. The van der Waals surface area contributed by atoms with E-state index >= 15 is 0 Å². The molecule has 0 bridgehead atoms. The fraction of sp³-hybridized carbons (Fsp3) is 0.600. The third kappa shape index (κ3) is 3.28. The second-order valence-corrected chi connectivity index (χ2v) is 5.37. The van der Waals surface area contributed by atoms with Crippen LogP contribution in [0.15, 0.2) is 22.8 Å². The van der Waals surface area contributed by atoms with Crippen LogP contribution in [0, 0.1) is 11.8 Å². The van der Waals surface area contributed by atoms with Gasteiger partial charge in [0.25, 0.3) is 11.7 Å². The number of amides is 1. The summed E-state index contributed by atoms with van der Waals surface area (Å²) in [4.78, 5) is 25.6. The highest BCUT2D eigenvalue weighted by Crippen LogP contribution is 2.25. The number of carbonyl (C=O) groups excluding carboxylic acids is 2. The van der Waals surface area contributed by atoms with E-state index in [0.29, 0.717) is 24.9 Å². The van der Waals surface area contributed by atoms with Crippen LogP contribution in [-0.2, 0) is 9.53 Å². The summed E-state index contributed by atoms with van der Waals surface area (Å²) in [6, 6.07) is 3.13. The number of likely N-dealkylation sites (tertiary alicyclic amines) is 1. The SMILES string of the molecule is COC[C@H](C)C1CCN(C(=O)C(=O)c2ccco2)CC1. The molecule has 1 aromatic rings. The van der Waals surface area contributed by atoms with Crippen molar-refractivity contribution < 1.29 is 18.7 Å². The molecule has 0 saturated carbocycles. The molecule has 5 nitrogen and oxygen atoms in total. The molecule has 0 radical (unpaired) electrons. The number of rotatable bonds is 5. The van der Waals surface area contributed by atoms with Crippen molar-refractivity contribution in [1.29, 1.82) is 0 Å². The molecule has 2 heterocycles. The minimum Gasteiger partial charge on any atom is -0.461 e. The second-order valence-electron chi connectivity index (χ2n) is 5.37. The van der Waals surface area contributed by atoms with Crippen LogP contribution in [0.4, 0.5) is 0 Å². The zero-order chi connectivity index (χ0) is 14.5. The molecule has 2 rings (SSSR count). The molecular weight excluding hydrogens is 258 g/mol. The lowest BCUT2D eigenvalue weighted by molar-refractivity contribution is -0.128. The molecule has 1 atom stereocenters. The molecule has 1 aromatic heterocycles. The van der Waals surface area contributed by atoms with Crippen molar-refractivity contribution in [2.75, 3.05) is 26.8 Å². The van der Waals surface area contributed by atoms with Crippen molar-refractivity contribution in [3.8, 4) is 0 Å². The van der Waals surface area contributed by atoms with Gasteiger partial charge in [0.15, 0.2) is 5.76 Å². The van der Waals surface area contributed by atoms with Gasteiger partial charge in [0.2, 0.25) is 0 Å². The quantitative estimate of drug-likeness (QED) is 0.611. The average molecular weight is 279 g/mol. The predicted molar refractivity (Wildman–Crippen MR) is 73.4 cm³/mol. The fourth-order valence-electron chi connectivity index (χ4n) is 2.73. The van der Waals surface area contributed by atoms with Crippen LogP contribution >= 0.6 is 0 Å². The van der Waals surface area contributed by atoms with E-state index in [4.69, 9.17) is 9.15 Å². The Labute approximate surface area is 118 Å². The fourth-order valence-corrected chi connectivity index (χ4v) is 2.73. The molecule has 1 amide bonds. The van der Waals surface area contributed by atoms with E-state index in [1.807, 2.05) is 0 Å². The van der Waals surface area contributed by atoms with Crippen LogP contribution < -0.4 is 0 Å². The van der Waals surface area contributed by atoms with E-state index in [0.717, 1.165) is 19.4 Å². The molecule has 0 aliphatic carbocycles. The molecule has 0 unspecified atom stereocenters. The van der Waals surface area contributed by atoms with Crippen molar-refractivity contribution in [2.24, 2.45) is 11.8 Å². The lowest BCUT2D eigenvalue weighted by Crippen LogP contribution is -2.43. The van der Waals surface area contributed by atoms with E-state index in [1.165, 1.54) is 12.3 Å². The van der Waals surface area contributed by atoms with Crippen molar-refractivity contribution >= 4 is 11.7 Å². The summed E-state index contributed by atoms with van der Waals surface area (Å²) in [7, 11) is 1.71. The number of hydrogen-bond donors (Lipinski definition) is 0. The molecule has 110 valence electrons. The molecule has 1 fully saturated rings. The van der Waals surface area contributed by atoms with E-state index in [9.17, 15) is 9.59 Å². The highest BCUT2D eigenvalue weighted by atomic mass is 16.5. The number of ether oxygens (including phenoxy) is 1. The van der Waals surface area contributed by atoms with Gasteiger partial charge in [-0.15, -0.1) is 0 Å². The molecular formula is C15H21NO4. The second kappa shape index (κ2) is 6.70. The van der Waals surface area contributed by atoms with Gasteiger partial charge in [-0.25, -0.2) is 0 Å². The van der Waals surface area contributed by atoms with E-state index in [2.05, 4.69) is 6.92 Å². The number of carbonyl (C=O) groups is 2. The molecule has 1 saturated heterocycles. The van der Waals surface area contributed by atoms with Crippen molar-refractivity contribution in [1.82, 2.24) is 4.90 Å². The minimum absolute atomic E-state index is 0.116. The summed E-state index contributed by atoms with van der Waals surface area (Å²) in [5.41, 5.74) is 0. The predicted octanol–water partition coefficient (Wildman–Crippen LogP) is 1.98. The van der Waals surface area contributed by atoms with Crippen molar-refractivity contribution in [3.05, 3.63) is 24.2 Å². The van der Waals surface area contributed by atoms with Gasteiger partial charge >= 0.3 is 0 Å². The van der Waals surface area contributed by atoms with Gasteiger partial charge in [0.05, 0.1) is 6.26 Å². The van der Waals surface area contributed by atoms with E-state index in [-0.39, 0.29) is 5.76 Å². The van der Waals surface area contributed by atoms with Gasteiger partial charge < -0.3 is 14.1 Å². The third-order valence-electron chi connectivity index (χ3n) is 4.00. The van der Waals surface area contributed by atoms with Crippen LogP contribution in [0.1, 0.15) is 30.3 Å². The molecule has 0 spiro atoms. The number of hydrogen-bond acceptors (Lipinski definition) is 4. The number of Topliss-reactive ketones (excluding diaryl/α,β-unsaturated/α-hetero) is 1. The minimum atomic E-state index is -0.557. The first kappa shape index (κ1) is 14.8. The van der Waals surface area contributed by atoms with E-state index in [1.54, 1.807) is 18.1 Å². The number of methoxy groups -OCH3 is 1. The smallest absolute Gasteiger partial charge is 0.298 e. The summed E-state index contributed by atoms with van der Waals surface area (Å²) in [6.45, 7) is 4.16. The average Bonchev–Trinajstić information content (AvgIpc) is 3.00. The summed E-state index contributed by atoms with van der Waals surface area (Å²) < 4.78 is 10.2. The lowest BCUT2D eigenvalue weighted by Gasteiger charge is -2.34. The third-order valence-corrected chi connectivity index (χ3v) is 4.00. The van der Waals surface area contributed by atoms with Crippen LogP contribution in [0.5, 0.6) is 0 Å². The Balaban J connectivity index is 1.87. The standard InChI is InChI=1S/C15H21NO4/c1-11(10-19-2)12-5-7-16(8-6-12)15(18)14(17)13-4-3-9-20-13/h3-4,9,11-12H,5-8,10H2,1-2H3/t11-/m0/s1. The topological polar surface area (TPSA) is 59.8 Å². The summed E-state index contributed by atoms with van der Waals surface area (Å²) in [6.07, 6.45) is 3.24. The first-order valence-corrected chi connectivity index (χ1v) is 6.99. The van der Waals surface area contributed by atoms with Gasteiger partial charge in [-0.1, -0.05) is 6.92 Å². The molecule has 0 N–H and O–H groups in total. The number of nitrogens with zero attached hydrogens (tertiary/aromatic N) is 1. The summed E-state index contributed by atoms with van der Waals surface area (Å²) in [5, 5.41) is 0. The molecule has 1 aliphatic rings. The Morgan fingerprint density at radius 1 is 1.45 bits per heavy atom. The number of ketones is 1. The highest BCUT2D eigenvalue weighted by molar-refractivity contribution is 6.41. The molecule has 20 heavy (non-hydrogen) atoms. The Hall–Kier alpha value is -1.62. The maximum atomic E-state index is 12.1. The molecule has 5 heteroatoms. The van der Waals surface area contributed by atoms with Gasteiger partial charge in [-0.3, -0.25) is 9.59 Å². The van der Waals surface area contributed by atoms with Gasteiger partial charge in [-0.05, 0) is 36.8 Å². The van der Waals surface area contributed by atoms with Gasteiger partial charge in [0, 0.05) is 26.8 Å². The molecule has 0 aromatic carbocycles. The lowest BCUT2D eigenvalue weighted by atomic mass is 9.86. The Kier molecular flexibility index (Phi) is 4.95. The van der Waals surface area contributed by atoms with Crippen molar-refractivity contribution in [2.45, 2.75) is 19.8 Å². The highest BCUT2D eigenvalue weighted by Gasteiger charge is 2.30. The monoisotopic (exact) mass is 279 g/mol. The van der Waals surface area contributed by atoms with E-state index < -0.39 is 11.7 Å². The zero-order valence-corrected chi connectivity index (χ0v) is 12.0. The van der Waals surface area contributed by atoms with Gasteiger partial charge in [-0.2, -0.15) is 0 Å².